The van der Waals surface area contributed by atoms with Crippen LogP contribution >= 0.6 is 15.6 Å². The van der Waals surface area contributed by atoms with Gasteiger partial charge in [-0.2, -0.15) is 0 Å². The quantitative estimate of drug-likeness (QED) is 0.0169. The topological polar surface area (TPSA) is 237 Å². The second-order valence-corrected chi connectivity index (χ2v) is 29.6. The number of aliphatic hydroxyl groups excluding tert-OH is 1. The molecule has 5 atom stereocenters. The summed E-state index contributed by atoms with van der Waals surface area (Å²) in [4.78, 5) is 72.9. The summed E-state index contributed by atoms with van der Waals surface area (Å²) >= 11 is 0. The van der Waals surface area contributed by atoms with Crippen LogP contribution in [-0.2, 0) is 65.4 Å². The van der Waals surface area contributed by atoms with Crippen molar-refractivity contribution >= 4 is 39.5 Å². The molecule has 0 aliphatic rings. The van der Waals surface area contributed by atoms with E-state index in [2.05, 4.69) is 76.3 Å². The molecule has 98 heavy (non-hydrogen) atoms. The normalized spacial score (nSPS) is 14.2. The van der Waals surface area contributed by atoms with E-state index in [4.69, 9.17) is 37.0 Å². The van der Waals surface area contributed by atoms with Crippen LogP contribution in [0.1, 0.15) is 362 Å². The Bertz CT molecular complexity index is 2100. The van der Waals surface area contributed by atoms with Gasteiger partial charge in [0, 0.05) is 25.7 Å². The molecule has 0 bridgehead atoms. The van der Waals surface area contributed by atoms with E-state index in [1.54, 1.807) is 0 Å². The Morgan fingerprint density at radius 3 is 0.837 bits per heavy atom. The third-order valence-corrected chi connectivity index (χ3v) is 18.9. The number of carbonyl (C=O) groups excluding carboxylic acids is 4. The average Bonchev–Trinajstić information content (AvgIpc) is 1.05. The maximum atomic E-state index is 13.1. The molecule has 19 heteroatoms. The molecule has 0 rings (SSSR count). The van der Waals surface area contributed by atoms with E-state index in [-0.39, 0.29) is 25.7 Å². The second kappa shape index (κ2) is 72.1. The van der Waals surface area contributed by atoms with Crippen molar-refractivity contribution < 1.29 is 80.2 Å². The zero-order valence-electron chi connectivity index (χ0n) is 62.5. The van der Waals surface area contributed by atoms with E-state index >= 15 is 0 Å². The zero-order chi connectivity index (χ0) is 71.8. The van der Waals surface area contributed by atoms with Gasteiger partial charge in [0.1, 0.15) is 19.3 Å². The van der Waals surface area contributed by atoms with Gasteiger partial charge in [-0.15, -0.1) is 0 Å². The second-order valence-electron chi connectivity index (χ2n) is 26.7. The molecule has 2 unspecified atom stereocenters. The summed E-state index contributed by atoms with van der Waals surface area (Å²) in [7, 11) is -9.95. The molecule has 0 aromatic rings. The smallest absolute Gasteiger partial charge is 0.462 e. The van der Waals surface area contributed by atoms with Crippen LogP contribution in [0.2, 0.25) is 0 Å². The predicted molar refractivity (Wildman–Crippen MR) is 400 cm³/mol. The van der Waals surface area contributed by atoms with E-state index in [0.29, 0.717) is 32.1 Å². The lowest BCUT2D eigenvalue weighted by Crippen LogP contribution is -2.30. The molecule has 0 spiro atoms. The fourth-order valence-electron chi connectivity index (χ4n) is 10.9. The van der Waals surface area contributed by atoms with Gasteiger partial charge < -0.3 is 33.8 Å². The fourth-order valence-corrected chi connectivity index (χ4v) is 12.5. The molecule has 0 aliphatic heterocycles. The van der Waals surface area contributed by atoms with Crippen molar-refractivity contribution in [1.29, 1.82) is 0 Å². The highest BCUT2D eigenvalue weighted by Gasteiger charge is 2.30. The van der Waals surface area contributed by atoms with Crippen LogP contribution in [0.4, 0.5) is 0 Å². The minimum absolute atomic E-state index is 0.0773. The molecule has 0 amide bonds. The molecule has 17 nitrogen and oxygen atoms in total. The standard InChI is InChI=1S/C79H144O17P2/c1-5-9-13-17-21-25-29-33-35-36-38-41-44-48-52-56-60-64-77(82)90-70-75(96-79(84)66-62-58-54-50-46-42-37-34-30-26-22-18-14-10-6-2)72-94-98(87,88)92-68-73(80)67-91-97(85,86)93-71-74(95-78(83)65-61-57-53-49-45-40-32-28-24-20-16-12-8-4)69-89-76(81)63-59-55-51-47-43-39-31-27-23-19-15-11-7-3/h21,25,33-35,37-38,41,48,52,73-75,80H,5-20,22-24,26-32,36,39-40,42-47,49-51,53-72H2,1-4H3,(H,85,86)(H,87,88)/b25-21-,35-33-,37-34-,41-38-,52-48-/t73-,74-,75-/m1/s1. The number of unbranched alkanes of at least 4 members (excludes halogenated alkanes) is 39. The lowest BCUT2D eigenvalue weighted by Gasteiger charge is -2.21. The van der Waals surface area contributed by atoms with Crippen molar-refractivity contribution in [2.45, 2.75) is 380 Å². The molecule has 0 heterocycles. The Balaban J connectivity index is 5.36. The van der Waals surface area contributed by atoms with Gasteiger partial charge in [0.05, 0.1) is 26.4 Å². The number of ether oxygens (including phenoxy) is 4. The molecule has 3 N–H and O–H groups in total. The van der Waals surface area contributed by atoms with E-state index < -0.39 is 97.5 Å². The minimum Gasteiger partial charge on any atom is -0.462 e. The molecule has 0 aromatic carbocycles. The SMILES string of the molecule is CCCCC/C=C\C/C=C\C/C=C\C/C=C\CCCC(=O)OC[C@H](COP(=O)(O)OC[C@H](O)COP(=O)(O)OC[C@@H](COC(=O)CCCCCCCCCCCCCCC)OC(=O)CCCCCCCCCCCCCCC)OC(=O)CCCCCCC/C=C\CCCCCCCC. The Hall–Kier alpha value is -3.24. The lowest BCUT2D eigenvalue weighted by molar-refractivity contribution is -0.161. The molecule has 0 aromatic heterocycles. The van der Waals surface area contributed by atoms with Crippen molar-refractivity contribution in [3.8, 4) is 0 Å². The van der Waals surface area contributed by atoms with Crippen LogP contribution in [-0.4, -0.2) is 96.7 Å². The van der Waals surface area contributed by atoms with Crippen molar-refractivity contribution in [2.75, 3.05) is 39.6 Å². The van der Waals surface area contributed by atoms with E-state index in [1.807, 2.05) is 12.2 Å². The number of phosphoric acid groups is 2. The van der Waals surface area contributed by atoms with Gasteiger partial charge in [0.25, 0.3) is 0 Å². The molecule has 0 saturated carbocycles. The van der Waals surface area contributed by atoms with Crippen LogP contribution in [0.5, 0.6) is 0 Å². The van der Waals surface area contributed by atoms with Gasteiger partial charge in [-0.1, -0.05) is 307 Å². The molecule has 572 valence electrons. The maximum absolute atomic E-state index is 13.1. The summed E-state index contributed by atoms with van der Waals surface area (Å²) in [6.07, 6.45) is 70.6. The number of aliphatic hydroxyl groups is 1. The highest BCUT2D eigenvalue weighted by atomic mass is 31.2. The van der Waals surface area contributed by atoms with Crippen molar-refractivity contribution in [2.24, 2.45) is 0 Å². The van der Waals surface area contributed by atoms with Gasteiger partial charge in [0.2, 0.25) is 0 Å². The Morgan fingerprint density at radius 2 is 0.510 bits per heavy atom. The number of hydrogen-bond donors (Lipinski definition) is 3. The number of esters is 4. The summed E-state index contributed by atoms with van der Waals surface area (Å²) in [5, 5.41) is 10.6. The Kier molecular flexibility index (Phi) is 69.7. The number of carbonyl (C=O) groups is 4. The first-order chi connectivity index (χ1) is 47.7. The van der Waals surface area contributed by atoms with Gasteiger partial charge in [-0.05, 0) is 89.9 Å². The lowest BCUT2D eigenvalue weighted by atomic mass is 10.0. The summed E-state index contributed by atoms with van der Waals surface area (Å²) in [5.41, 5.74) is 0. The highest BCUT2D eigenvalue weighted by Crippen LogP contribution is 2.45. The third-order valence-electron chi connectivity index (χ3n) is 17.0. The molecule has 0 radical (unpaired) electrons. The molecule has 0 aliphatic carbocycles. The van der Waals surface area contributed by atoms with Crippen LogP contribution in [0.25, 0.3) is 0 Å². The number of allylic oxidation sites excluding steroid dienone is 10. The first-order valence-corrected chi connectivity index (χ1v) is 42.5. The van der Waals surface area contributed by atoms with Crippen LogP contribution in [0, 0.1) is 0 Å². The van der Waals surface area contributed by atoms with Crippen LogP contribution in [0.15, 0.2) is 60.8 Å². The predicted octanol–water partition coefficient (Wildman–Crippen LogP) is 22.7. The summed E-state index contributed by atoms with van der Waals surface area (Å²) in [5.74, 6) is -2.21. The number of phosphoric ester groups is 2. The van der Waals surface area contributed by atoms with Gasteiger partial charge >= 0.3 is 39.5 Å². The van der Waals surface area contributed by atoms with Crippen molar-refractivity contribution in [1.82, 2.24) is 0 Å². The zero-order valence-corrected chi connectivity index (χ0v) is 64.3. The third kappa shape index (κ3) is 71.2. The number of hydrogen-bond acceptors (Lipinski definition) is 15. The highest BCUT2D eigenvalue weighted by molar-refractivity contribution is 7.47. The average molecular weight is 1430 g/mol. The van der Waals surface area contributed by atoms with Gasteiger partial charge in [0.15, 0.2) is 12.2 Å². The minimum atomic E-state index is -4.98. The molecule has 0 fully saturated rings. The Morgan fingerprint density at radius 1 is 0.286 bits per heavy atom. The van der Waals surface area contributed by atoms with Crippen LogP contribution in [0.3, 0.4) is 0 Å². The first-order valence-electron chi connectivity index (χ1n) is 39.5. The molecule has 0 saturated heterocycles. The van der Waals surface area contributed by atoms with E-state index in [0.717, 1.165) is 109 Å². The maximum Gasteiger partial charge on any atom is 0.472 e. The van der Waals surface area contributed by atoms with Gasteiger partial charge in [-0.3, -0.25) is 37.3 Å². The van der Waals surface area contributed by atoms with Crippen molar-refractivity contribution in [3.63, 3.8) is 0 Å². The fraction of sp³-hybridized carbons (Fsp3) is 0.823. The number of rotatable bonds is 75. The van der Waals surface area contributed by atoms with E-state index in [9.17, 15) is 43.2 Å². The van der Waals surface area contributed by atoms with Crippen LogP contribution < -0.4 is 0 Å². The largest absolute Gasteiger partial charge is 0.472 e. The van der Waals surface area contributed by atoms with Crippen molar-refractivity contribution in [3.05, 3.63) is 60.8 Å². The summed E-state index contributed by atoms with van der Waals surface area (Å²) < 4.78 is 68.5. The monoisotopic (exact) mass is 1430 g/mol. The van der Waals surface area contributed by atoms with Gasteiger partial charge in [-0.25, -0.2) is 9.13 Å². The molecular formula is C79H144O17P2. The summed E-state index contributed by atoms with van der Waals surface area (Å²) in [6, 6.07) is 0. The van der Waals surface area contributed by atoms with E-state index in [1.165, 1.54) is 167 Å². The molecular weight excluding hydrogens is 1280 g/mol. The summed E-state index contributed by atoms with van der Waals surface area (Å²) in [6.45, 7) is 4.84. The first kappa shape index (κ1) is 94.8. The Labute approximate surface area is 597 Å².